The maximum atomic E-state index is 8.99. The zero-order valence-corrected chi connectivity index (χ0v) is 8.82. The van der Waals surface area contributed by atoms with Crippen molar-refractivity contribution in [3.05, 3.63) is 0 Å². The van der Waals surface area contributed by atoms with Crippen molar-refractivity contribution >= 4 is 0 Å². The Hall–Kier alpha value is -0.240. The van der Waals surface area contributed by atoms with Crippen molar-refractivity contribution in [2.24, 2.45) is 5.92 Å². The highest BCUT2D eigenvalue weighted by atomic mass is 16.3. The molecule has 0 saturated carbocycles. The Bertz CT molecular complexity index is 153. The zero-order chi connectivity index (χ0) is 11.1. The van der Waals surface area contributed by atoms with Gasteiger partial charge in [0.2, 0.25) is 0 Å². The van der Waals surface area contributed by atoms with E-state index in [1.807, 2.05) is 0 Å². The van der Waals surface area contributed by atoms with E-state index >= 15 is 0 Å². The summed E-state index contributed by atoms with van der Waals surface area (Å²) in [7, 11) is 0. The van der Waals surface area contributed by atoms with Crippen LogP contribution in [0.15, 0.2) is 0 Å². The molecule has 0 aromatic carbocycles. The lowest BCUT2D eigenvalue weighted by atomic mass is 9.85. The fourth-order valence-electron chi connectivity index (χ4n) is 2.12. The lowest BCUT2D eigenvalue weighted by molar-refractivity contribution is 0.0888. The van der Waals surface area contributed by atoms with Gasteiger partial charge in [-0.2, -0.15) is 5.53 Å². The van der Waals surface area contributed by atoms with E-state index in [2.05, 4.69) is 16.4 Å². The van der Waals surface area contributed by atoms with Gasteiger partial charge in [-0.1, -0.05) is 0 Å². The highest BCUT2D eigenvalue weighted by Gasteiger charge is 2.31. The summed E-state index contributed by atoms with van der Waals surface area (Å²) in [5.74, 6) is 0.218. The predicted octanol–water partition coefficient (Wildman–Crippen LogP) is -1.90. The van der Waals surface area contributed by atoms with Crippen LogP contribution in [-0.4, -0.2) is 47.2 Å². The molecule has 0 aromatic heterocycles. The normalized spacial score (nSPS) is 31.8. The molecule has 0 aliphatic carbocycles. The third-order valence-electron chi connectivity index (χ3n) is 2.89. The minimum absolute atomic E-state index is 0.118. The highest BCUT2D eigenvalue weighted by molar-refractivity contribution is 4.87. The Morgan fingerprint density at radius 1 is 0.733 bits per heavy atom. The van der Waals surface area contributed by atoms with Crippen molar-refractivity contribution in [2.45, 2.75) is 31.3 Å². The summed E-state index contributed by atoms with van der Waals surface area (Å²) < 4.78 is 0. The summed E-state index contributed by atoms with van der Waals surface area (Å²) in [6, 6.07) is 0.250. The summed E-state index contributed by atoms with van der Waals surface area (Å²) in [5.41, 5.74) is 8.90. The monoisotopic (exact) mass is 219 g/mol. The lowest BCUT2D eigenvalue weighted by Crippen LogP contribution is -2.65. The molecule has 90 valence electrons. The van der Waals surface area contributed by atoms with Crippen LogP contribution in [0.2, 0.25) is 0 Å². The zero-order valence-electron chi connectivity index (χ0n) is 8.82. The van der Waals surface area contributed by atoms with Crippen LogP contribution in [-0.2, 0) is 0 Å². The Labute approximate surface area is 89.6 Å². The van der Waals surface area contributed by atoms with E-state index in [1.54, 1.807) is 0 Å². The number of hydrogen-bond donors (Lipinski definition) is 6. The number of aliphatic hydroxyl groups excluding tert-OH is 3. The molecule has 6 heteroatoms. The molecule has 0 spiro atoms. The van der Waals surface area contributed by atoms with Gasteiger partial charge < -0.3 is 15.3 Å². The third kappa shape index (κ3) is 3.67. The van der Waals surface area contributed by atoms with E-state index in [-0.39, 0.29) is 37.8 Å². The van der Waals surface area contributed by atoms with Crippen LogP contribution < -0.4 is 16.4 Å². The van der Waals surface area contributed by atoms with Crippen molar-refractivity contribution in [3.8, 4) is 0 Å². The standard InChI is InChI=1S/C9H21N3O3/c13-4-1-7-8(2-5-14)10-12-11-9(7)3-6-15/h7-15H,1-6H2. The van der Waals surface area contributed by atoms with Gasteiger partial charge in [0.05, 0.1) is 0 Å². The Morgan fingerprint density at radius 2 is 1.20 bits per heavy atom. The average Bonchev–Trinajstić information content (AvgIpc) is 2.23. The molecule has 0 radical (unpaired) electrons. The van der Waals surface area contributed by atoms with E-state index in [4.69, 9.17) is 15.3 Å². The first-order valence-electron chi connectivity index (χ1n) is 5.42. The molecule has 1 saturated heterocycles. The van der Waals surface area contributed by atoms with Gasteiger partial charge >= 0.3 is 0 Å². The quantitative estimate of drug-likeness (QED) is 0.312. The molecular weight excluding hydrogens is 198 g/mol. The summed E-state index contributed by atoms with van der Waals surface area (Å²) in [5, 5.41) is 26.8. The molecule has 2 unspecified atom stereocenters. The van der Waals surface area contributed by atoms with Crippen LogP contribution in [0.5, 0.6) is 0 Å². The van der Waals surface area contributed by atoms with Crippen molar-refractivity contribution < 1.29 is 15.3 Å². The summed E-state index contributed by atoms with van der Waals surface area (Å²) >= 11 is 0. The highest BCUT2D eigenvalue weighted by Crippen LogP contribution is 2.20. The fourth-order valence-corrected chi connectivity index (χ4v) is 2.12. The van der Waals surface area contributed by atoms with Gasteiger partial charge in [0, 0.05) is 31.9 Å². The van der Waals surface area contributed by atoms with Gasteiger partial charge in [-0.05, 0) is 25.2 Å². The smallest absolute Gasteiger partial charge is 0.0446 e. The maximum Gasteiger partial charge on any atom is 0.0446 e. The van der Waals surface area contributed by atoms with E-state index in [1.165, 1.54) is 0 Å². The van der Waals surface area contributed by atoms with Gasteiger partial charge in [0.25, 0.3) is 0 Å². The molecule has 1 aliphatic rings. The van der Waals surface area contributed by atoms with Gasteiger partial charge in [-0.25, -0.2) is 10.9 Å². The van der Waals surface area contributed by atoms with E-state index < -0.39 is 0 Å². The van der Waals surface area contributed by atoms with Crippen LogP contribution in [0.1, 0.15) is 19.3 Å². The van der Waals surface area contributed by atoms with Crippen molar-refractivity contribution in [1.82, 2.24) is 16.4 Å². The SMILES string of the molecule is OCCC1NNNC(CCO)C1CCO. The third-order valence-corrected chi connectivity index (χ3v) is 2.89. The van der Waals surface area contributed by atoms with Crippen LogP contribution in [0.3, 0.4) is 0 Å². The van der Waals surface area contributed by atoms with Crippen LogP contribution in [0.25, 0.3) is 0 Å². The van der Waals surface area contributed by atoms with E-state index in [0.29, 0.717) is 19.3 Å². The molecule has 1 heterocycles. The molecule has 1 fully saturated rings. The molecule has 1 aliphatic heterocycles. The number of hydrazine groups is 2. The Kier molecular flexibility index (Phi) is 6.07. The lowest BCUT2D eigenvalue weighted by Gasteiger charge is -2.39. The second-order valence-corrected chi connectivity index (χ2v) is 3.83. The minimum atomic E-state index is 0.118. The van der Waals surface area contributed by atoms with Crippen LogP contribution >= 0.6 is 0 Å². The van der Waals surface area contributed by atoms with Gasteiger partial charge in [-0.3, -0.25) is 0 Å². The second kappa shape index (κ2) is 7.10. The topological polar surface area (TPSA) is 96.8 Å². The molecule has 1 rings (SSSR count). The van der Waals surface area contributed by atoms with Crippen molar-refractivity contribution in [3.63, 3.8) is 0 Å². The van der Waals surface area contributed by atoms with Gasteiger partial charge in [0.15, 0.2) is 0 Å². The summed E-state index contributed by atoms with van der Waals surface area (Å²) in [6.45, 7) is 0.359. The van der Waals surface area contributed by atoms with Crippen LogP contribution in [0.4, 0.5) is 0 Å². The molecular formula is C9H21N3O3. The first-order valence-corrected chi connectivity index (χ1v) is 5.42. The number of aliphatic hydroxyl groups is 3. The minimum Gasteiger partial charge on any atom is -0.396 e. The van der Waals surface area contributed by atoms with Crippen LogP contribution in [0, 0.1) is 5.92 Å². The number of rotatable bonds is 6. The number of hydrogen-bond acceptors (Lipinski definition) is 6. The van der Waals surface area contributed by atoms with E-state index in [9.17, 15) is 0 Å². The molecule has 0 amide bonds. The summed E-state index contributed by atoms with van der Waals surface area (Å²) in [4.78, 5) is 0. The molecule has 0 aromatic rings. The molecule has 15 heavy (non-hydrogen) atoms. The molecule has 2 atom stereocenters. The molecule has 0 bridgehead atoms. The summed E-state index contributed by atoms with van der Waals surface area (Å²) in [6.07, 6.45) is 1.94. The van der Waals surface area contributed by atoms with Crippen molar-refractivity contribution in [2.75, 3.05) is 19.8 Å². The largest absolute Gasteiger partial charge is 0.396 e. The first-order chi connectivity index (χ1) is 7.33. The van der Waals surface area contributed by atoms with Gasteiger partial charge in [-0.15, -0.1) is 0 Å². The average molecular weight is 219 g/mol. The maximum absolute atomic E-state index is 8.99. The predicted molar refractivity (Wildman–Crippen MR) is 55.6 cm³/mol. The van der Waals surface area contributed by atoms with Crippen molar-refractivity contribution in [1.29, 1.82) is 0 Å². The first kappa shape index (κ1) is 12.8. The van der Waals surface area contributed by atoms with Gasteiger partial charge in [0.1, 0.15) is 0 Å². The molecule has 6 N–H and O–H groups in total. The van der Waals surface area contributed by atoms with E-state index in [0.717, 1.165) is 0 Å². The Balaban J connectivity index is 2.53. The second-order valence-electron chi connectivity index (χ2n) is 3.83. The Morgan fingerprint density at radius 3 is 1.60 bits per heavy atom. The molecule has 6 nitrogen and oxygen atoms in total. The fraction of sp³-hybridized carbons (Fsp3) is 1.00. The number of nitrogens with one attached hydrogen (secondary N) is 3.